The number of carbonyl (C=O) groups is 1. The van der Waals surface area contributed by atoms with E-state index in [-0.39, 0.29) is 11.5 Å². The van der Waals surface area contributed by atoms with E-state index < -0.39 is 27.4 Å². The molecule has 2 rings (SSSR count). The fraction of sp³-hybridized carbons (Fsp3) is 0.562. The molecule has 0 heterocycles. The summed E-state index contributed by atoms with van der Waals surface area (Å²) in [6.45, 7) is 7.09. The summed E-state index contributed by atoms with van der Waals surface area (Å²) in [6.07, 6.45) is 0.761. The lowest BCUT2D eigenvalue weighted by atomic mass is 10.2. The Balaban J connectivity index is 1.94. The van der Waals surface area contributed by atoms with Crippen molar-refractivity contribution >= 4 is 16.2 Å². The first-order chi connectivity index (χ1) is 10.5. The normalized spacial score (nSPS) is 16.7. The zero-order valence-electron chi connectivity index (χ0n) is 13.9. The predicted octanol–water partition coefficient (Wildman–Crippen LogP) is 2.76. The number of carbonyl (C=O) groups excluding carboxylic acids is 1. The minimum atomic E-state index is -3.83. The van der Waals surface area contributed by atoms with Crippen molar-refractivity contribution in [3.63, 3.8) is 0 Å². The van der Waals surface area contributed by atoms with E-state index in [9.17, 15) is 13.2 Å². The highest BCUT2D eigenvalue weighted by atomic mass is 32.2. The summed E-state index contributed by atoms with van der Waals surface area (Å²) in [6, 6.07) is 6.43. The number of ether oxygens (including phenoxy) is 1. The second-order valence-corrected chi connectivity index (χ2v) is 8.55. The number of amides is 1. The van der Waals surface area contributed by atoms with Crippen LogP contribution in [0.25, 0.3) is 0 Å². The smallest absolute Gasteiger partial charge is 0.408 e. The van der Waals surface area contributed by atoms with Gasteiger partial charge in [-0.25, -0.2) is 4.79 Å². The molecule has 1 aromatic carbocycles. The first kappa shape index (κ1) is 17.7. The number of alkyl carbamates (subject to hydrolysis) is 1. The molecular formula is C16H23NO5S. The number of aryl methyl sites for hydroxylation is 1. The van der Waals surface area contributed by atoms with Crippen molar-refractivity contribution in [1.82, 2.24) is 5.32 Å². The number of benzene rings is 1. The number of hydrogen-bond acceptors (Lipinski definition) is 5. The molecule has 1 amide bonds. The van der Waals surface area contributed by atoms with Crippen LogP contribution < -0.4 is 5.32 Å². The van der Waals surface area contributed by atoms with Crippen LogP contribution in [-0.2, 0) is 19.0 Å². The van der Waals surface area contributed by atoms with Crippen LogP contribution in [0.5, 0.6) is 0 Å². The van der Waals surface area contributed by atoms with Gasteiger partial charge in [0.25, 0.3) is 10.1 Å². The Morgan fingerprint density at radius 2 is 1.78 bits per heavy atom. The predicted molar refractivity (Wildman–Crippen MR) is 85.7 cm³/mol. The Kier molecular flexibility index (Phi) is 4.73. The van der Waals surface area contributed by atoms with E-state index in [1.165, 1.54) is 12.1 Å². The van der Waals surface area contributed by atoms with E-state index in [0.717, 1.165) is 5.56 Å². The minimum Gasteiger partial charge on any atom is -0.444 e. The molecule has 0 aliphatic heterocycles. The van der Waals surface area contributed by atoms with E-state index in [1.54, 1.807) is 32.9 Å². The molecule has 23 heavy (non-hydrogen) atoms. The van der Waals surface area contributed by atoms with Crippen LogP contribution in [0.3, 0.4) is 0 Å². The largest absolute Gasteiger partial charge is 0.444 e. The molecule has 0 unspecified atom stereocenters. The van der Waals surface area contributed by atoms with E-state index >= 15 is 0 Å². The summed E-state index contributed by atoms with van der Waals surface area (Å²) >= 11 is 0. The van der Waals surface area contributed by atoms with Crippen molar-refractivity contribution in [3.05, 3.63) is 29.8 Å². The van der Waals surface area contributed by atoms with Crippen LogP contribution in [-0.4, -0.2) is 32.3 Å². The molecule has 1 aromatic rings. The molecule has 0 saturated heterocycles. The van der Waals surface area contributed by atoms with Gasteiger partial charge in [0.2, 0.25) is 0 Å². The van der Waals surface area contributed by atoms with E-state index in [1.807, 2.05) is 6.92 Å². The molecule has 0 radical (unpaired) electrons. The van der Waals surface area contributed by atoms with Crippen LogP contribution in [0.1, 0.15) is 39.2 Å². The molecular weight excluding hydrogens is 318 g/mol. The number of nitrogens with one attached hydrogen (secondary N) is 1. The third-order valence-electron chi connectivity index (χ3n) is 3.42. The zero-order valence-corrected chi connectivity index (χ0v) is 14.7. The van der Waals surface area contributed by atoms with Gasteiger partial charge in [-0.15, -0.1) is 0 Å². The summed E-state index contributed by atoms with van der Waals surface area (Å²) in [7, 11) is -3.83. The fourth-order valence-electron chi connectivity index (χ4n) is 1.94. The van der Waals surface area contributed by atoms with Gasteiger partial charge in [0, 0.05) is 0 Å². The lowest BCUT2D eigenvalue weighted by Crippen LogP contribution is -2.43. The Morgan fingerprint density at radius 1 is 1.22 bits per heavy atom. The van der Waals surface area contributed by atoms with Gasteiger partial charge in [0.15, 0.2) is 0 Å². The van der Waals surface area contributed by atoms with Crippen LogP contribution in [0, 0.1) is 6.92 Å². The molecule has 1 fully saturated rings. The summed E-state index contributed by atoms with van der Waals surface area (Å²) in [5.74, 6) is 0. The van der Waals surface area contributed by atoms with Gasteiger partial charge in [-0.1, -0.05) is 17.7 Å². The molecule has 0 atom stereocenters. The summed E-state index contributed by atoms with van der Waals surface area (Å²) in [4.78, 5) is 11.9. The van der Waals surface area contributed by atoms with Crippen molar-refractivity contribution < 1.29 is 22.1 Å². The molecule has 1 aliphatic carbocycles. The third kappa shape index (κ3) is 5.21. The monoisotopic (exact) mass is 341 g/mol. The fourth-order valence-corrected chi connectivity index (χ4v) is 2.93. The Morgan fingerprint density at radius 3 is 2.26 bits per heavy atom. The van der Waals surface area contributed by atoms with Gasteiger partial charge in [-0.3, -0.25) is 4.18 Å². The van der Waals surface area contributed by atoms with Gasteiger partial charge in [0.1, 0.15) is 5.60 Å². The van der Waals surface area contributed by atoms with Crippen LogP contribution in [0.4, 0.5) is 4.79 Å². The van der Waals surface area contributed by atoms with Crippen molar-refractivity contribution in [2.24, 2.45) is 0 Å². The molecule has 6 nitrogen and oxygen atoms in total. The number of rotatable bonds is 5. The van der Waals surface area contributed by atoms with Gasteiger partial charge in [0.05, 0.1) is 17.0 Å². The average molecular weight is 341 g/mol. The molecule has 128 valence electrons. The van der Waals surface area contributed by atoms with Gasteiger partial charge < -0.3 is 10.1 Å². The van der Waals surface area contributed by atoms with Gasteiger partial charge in [-0.05, 0) is 52.7 Å². The first-order valence-corrected chi connectivity index (χ1v) is 8.90. The summed E-state index contributed by atoms with van der Waals surface area (Å²) in [5.41, 5.74) is -0.288. The second-order valence-electron chi connectivity index (χ2n) is 6.94. The summed E-state index contributed by atoms with van der Waals surface area (Å²) < 4.78 is 34.6. The van der Waals surface area contributed by atoms with Crippen molar-refractivity contribution in [3.8, 4) is 0 Å². The van der Waals surface area contributed by atoms with Crippen LogP contribution in [0.2, 0.25) is 0 Å². The maximum Gasteiger partial charge on any atom is 0.408 e. The minimum absolute atomic E-state index is 0.0948. The third-order valence-corrected chi connectivity index (χ3v) is 4.70. The standard InChI is InChI=1S/C16H23NO5S/c1-12-5-7-13(8-6-12)23(19,20)21-11-16(9-10-16)17-14(18)22-15(2,3)4/h5-8H,9-11H2,1-4H3,(H,17,18). The van der Waals surface area contributed by atoms with Crippen molar-refractivity contribution in [2.45, 2.75) is 56.6 Å². The van der Waals surface area contributed by atoms with Crippen LogP contribution >= 0.6 is 0 Å². The lowest BCUT2D eigenvalue weighted by Gasteiger charge is -2.23. The highest BCUT2D eigenvalue weighted by Crippen LogP contribution is 2.36. The maximum atomic E-state index is 12.2. The molecule has 0 bridgehead atoms. The molecule has 0 aromatic heterocycles. The average Bonchev–Trinajstić information content (AvgIpc) is 3.15. The van der Waals surface area contributed by atoms with E-state index in [2.05, 4.69) is 5.32 Å². The molecule has 1 aliphatic rings. The highest BCUT2D eigenvalue weighted by Gasteiger charge is 2.46. The SMILES string of the molecule is Cc1ccc(S(=O)(=O)OCC2(NC(=O)OC(C)(C)C)CC2)cc1. The van der Waals surface area contributed by atoms with Gasteiger partial charge >= 0.3 is 6.09 Å². The Bertz CT molecular complexity index is 669. The van der Waals surface area contributed by atoms with Crippen LogP contribution in [0.15, 0.2) is 29.2 Å². The van der Waals surface area contributed by atoms with Crippen molar-refractivity contribution in [2.75, 3.05) is 6.61 Å². The Labute approximate surface area is 137 Å². The molecule has 7 heteroatoms. The topological polar surface area (TPSA) is 81.7 Å². The lowest BCUT2D eigenvalue weighted by molar-refractivity contribution is 0.0477. The van der Waals surface area contributed by atoms with E-state index in [4.69, 9.17) is 8.92 Å². The molecule has 1 saturated carbocycles. The number of hydrogen-bond donors (Lipinski definition) is 1. The molecule has 0 spiro atoms. The molecule has 1 N–H and O–H groups in total. The van der Waals surface area contributed by atoms with E-state index in [0.29, 0.717) is 12.8 Å². The first-order valence-electron chi connectivity index (χ1n) is 7.49. The highest BCUT2D eigenvalue weighted by molar-refractivity contribution is 7.86. The van der Waals surface area contributed by atoms with Crippen molar-refractivity contribution in [1.29, 1.82) is 0 Å². The quantitative estimate of drug-likeness (QED) is 0.833. The Hall–Kier alpha value is -1.60. The van der Waals surface area contributed by atoms with Gasteiger partial charge in [-0.2, -0.15) is 8.42 Å². The maximum absolute atomic E-state index is 12.2. The zero-order chi connectivity index (χ0) is 17.3. The summed E-state index contributed by atoms with van der Waals surface area (Å²) in [5, 5.41) is 2.71. The second kappa shape index (κ2) is 6.13.